The van der Waals surface area contributed by atoms with Gasteiger partial charge < -0.3 is 14.6 Å². The predicted octanol–water partition coefficient (Wildman–Crippen LogP) is 1.20. The number of ether oxygens (including phenoxy) is 1. The van der Waals surface area contributed by atoms with Crippen LogP contribution in [-0.2, 0) is 9.53 Å². The van der Waals surface area contributed by atoms with E-state index in [4.69, 9.17) is 4.74 Å². The Morgan fingerprint density at radius 3 is 2.95 bits per heavy atom. The van der Waals surface area contributed by atoms with Crippen LogP contribution in [0.2, 0.25) is 0 Å². The molecule has 0 aliphatic carbocycles. The van der Waals surface area contributed by atoms with Crippen LogP contribution in [0, 0.1) is 0 Å². The molecule has 6 nitrogen and oxygen atoms in total. The molecule has 0 saturated carbocycles. The standard InChI is InChI=1S/C13H15N3O3/c1-3-19-12(17)7-16(2)13(18)9-4-5-10-11(6-9)15-8-14-10/h4-6,8H,3,7H2,1-2H3,(H,14,15). The molecular formula is C13H15N3O3. The molecular weight excluding hydrogens is 246 g/mol. The Labute approximate surface area is 110 Å². The quantitative estimate of drug-likeness (QED) is 0.839. The van der Waals surface area contributed by atoms with Gasteiger partial charge in [-0.25, -0.2) is 4.98 Å². The maximum absolute atomic E-state index is 12.1. The lowest BCUT2D eigenvalue weighted by Gasteiger charge is -2.16. The molecule has 0 atom stereocenters. The number of esters is 1. The maximum atomic E-state index is 12.1. The molecule has 19 heavy (non-hydrogen) atoms. The summed E-state index contributed by atoms with van der Waals surface area (Å²) in [7, 11) is 1.57. The monoisotopic (exact) mass is 261 g/mol. The Morgan fingerprint density at radius 1 is 1.42 bits per heavy atom. The second-order valence-electron chi connectivity index (χ2n) is 4.10. The number of nitrogens with zero attached hydrogens (tertiary/aromatic N) is 2. The topological polar surface area (TPSA) is 75.3 Å². The first-order valence-corrected chi connectivity index (χ1v) is 5.96. The average molecular weight is 261 g/mol. The second-order valence-corrected chi connectivity index (χ2v) is 4.10. The molecule has 1 aromatic heterocycles. The van der Waals surface area contributed by atoms with Gasteiger partial charge in [0, 0.05) is 12.6 Å². The molecule has 1 heterocycles. The van der Waals surface area contributed by atoms with E-state index in [0.717, 1.165) is 11.0 Å². The van der Waals surface area contributed by atoms with Crippen LogP contribution in [0.25, 0.3) is 11.0 Å². The summed E-state index contributed by atoms with van der Waals surface area (Å²) in [6, 6.07) is 5.16. The number of carbonyl (C=O) groups excluding carboxylic acids is 2. The summed E-state index contributed by atoms with van der Waals surface area (Å²) in [6.07, 6.45) is 1.57. The van der Waals surface area contributed by atoms with Gasteiger partial charge in [0.2, 0.25) is 0 Å². The van der Waals surface area contributed by atoms with E-state index in [2.05, 4.69) is 9.97 Å². The van der Waals surface area contributed by atoms with E-state index in [0.29, 0.717) is 12.2 Å². The molecule has 1 aromatic carbocycles. The van der Waals surface area contributed by atoms with Gasteiger partial charge in [-0.3, -0.25) is 9.59 Å². The minimum absolute atomic E-state index is 0.0618. The lowest BCUT2D eigenvalue weighted by Crippen LogP contribution is -2.33. The number of hydrogen-bond donors (Lipinski definition) is 1. The Kier molecular flexibility index (Phi) is 3.79. The van der Waals surface area contributed by atoms with Gasteiger partial charge in [-0.1, -0.05) is 0 Å². The van der Waals surface area contributed by atoms with Crippen LogP contribution >= 0.6 is 0 Å². The third-order valence-corrected chi connectivity index (χ3v) is 2.69. The van der Waals surface area contributed by atoms with Crippen molar-refractivity contribution in [3.63, 3.8) is 0 Å². The first-order chi connectivity index (χ1) is 9.11. The van der Waals surface area contributed by atoms with Crippen molar-refractivity contribution in [3.05, 3.63) is 30.1 Å². The first kappa shape index (κ1) is 13.1. The van der Waals surface area contributed by atoms with Gasteiger partial charge in [0.15, 0.2) is 0 Å². The van der Waals surface area contributed by atoms with Crippen LogP contribution in [-0.4, -0.2) is 46.9 Å². The molecule has 0 fully saturated rings. The zero-order valence-electron chi connectivity index (χ0n) is 10.8. The van der Waals surface area contributed by atoms with Gasteiger partial charge in [0.05, 0.1) is 24.0 Å². The first-order valence-electron chi connectivity index (χ1n) is 5.96. The Balaban J connectivity index is 2.11. The third kappa shape index (κ3) is 2.90. The highest BCUT2D eigenvalue weighted by Crippen LogP contribution is 2.13. The van der Waals surface area contributed by atoms with E-state index in [1.165, 1.54) is 4.90 Å². The zero-order valence-corrected chi connectivity index (χ0v) is 10.8. The van der Waals surface area contributed by atoms with E-state index in [1.54, 1.807) is 38.5 Å². The Bertz CT molecular complexity index is 606. The molecule has 0 aliphatic rings. The van der Waals surface area contributed by atoms with Crippen molar-refractivity contribution in [2.24, 2.45) is 0 Å². The molecule has 0 spiro atoms. The van der Waals surface area contributed by atoms with Crippen LogP contribution in [0.5, 0.6) is 0 Å². The van der Waals surface area contributed by atoms with E-state index < -0.39 is 5.97 Å². The number of carbonyl (C=O) groups is 2. The number of rotatable bonds is 4. The lowest BCUT2D eigenvalue weighted by molar-refractivity contribution is -0.143. The number of benzene rings is 1. The molecule has 2 rings (SSSR count). The number of H-pyrrole nitrogens is 1. The molecule has 6 heteroatoms. The molecule has 1 amide bonds. The Hall–Kier alpha value is -2.37. The summed E-state index contributed by atoms with van der Waals surface area (Å²) in [5, 5.41) is 0. The summed E-state index contributed by atoms with van der Waals surface area (Å²) in [6.45, 7) is 1.97. The van der Waals surface area contributed by atoms with Gasteiger partial charge in [0.1, 0.15) is 6.54 Å². The van der Waals surface area contributed by atoms with Crippen LogP contribution in [0.1, 0.15) is 17.3 Å². The maximum Gasteiger partial charge on any atom is 0.325 e. The largest absolute Gasteiger partial charge is 0.465 e. The second kappa shape index (κ2) is 5.51. The van der Waals surface area contributed by atoms with Gasteiger partial charge in [-0.05, 0) is 25.1 Å². The number of aromatic nitrogens is 2. The molecule has 2 aromatic rings. The molecule has 0 aliphatic heterocycles. The number of nitrogens with one attached hydrogen (secondary N) is 1. The molecule has 100 valence electrons. The summed E-state index contributed by atoms with van der Waals surface area (Å²) in [5.41, 5.74) is 2.09. The highest BCUT2D eigenvalue weighted by Gasteiger charge is 2.16. The summed E-state index contributed by atoms with van der Waals surface area (Å²) in [4.78, 5) is 31.8. The number of fused-ring (bicyclic) bond motifs is 1. The number of aromatic amines is 1. The van der Waals surface area contributed by atoms with E-state index in [-0.39, 0.29) is 12.5 Å². The third-order valence-electron chi connectivity index (χ3n) is 2.69. The van der Waals surface area contributed by atoms with Crippen LogP contribution in [0.4, 0.5) is 0 Å². The molecule has 0 radical (unpaired) electrons. The normalized spacial score (nSPS) is 10.4. The van der Waals surface area contributed by atoms with E-state index >= 15 is 0 Å². The zero-order chi connectivity index (χ0) is 13.8. The lowest BCUT2D eigenvalue weighted by atomic mass is 10.2. The SMILES string of the molecule is CCOC(=O)CN(C)C(=O)c1ccc2nc[nH]c2c1. The highest BCUT2D eigenvalue weighted by molar-refractivity contribution is 5.98. The molecule has 0 saturated heterocycles. The summed E-state index contributed by atoms with van der Waals surface area (Å²) in [5.74, 6) is -0.648. The van der Waals surface area contributed by atoms with Crippen molar-refractivity contribution in [1.82, 2.24) is 14.9 Å². The minimum Gasteiger partial charge on any atom is -0.465 e. The molecule has 0 unspecified atom stereocenters. The smallest absolute Gasteiger partial charge is 0.325 e. The van der Waals surface area contributed by atoms with Crippen LogP contribution in [0.3, 0.4) is 0 Å². The van der Waals surface area contributed by atoms with Crippen LogP contribution in [0.15, 0.2) is 24.5 Å². The summed E-state index contributed by atoms with van der Waals surface area (Å²) >= 11 is 0. The summed E-state index contributed by atoms with van der Waals surface area (Å²) < 4.78 is 4.81. The molecule has 0 bridgehead atoms. The Morgan fingerprint density at radius 2 is 2.21 bits per heavy atom. The fourth-order valence-corrected chi connectivity index (χ4v) is 1.76. The fraction of sp³-hybridized carbons (Fsp3) is 0.308. The minimum atomic E-state index is -0.416. The van der Waals surface area contributed by atoms with Crippen molar-refractivity contribution in [2.45, 2.75) is 6.92 Å². The molecule has 1 N–H and O–H groups in total. The van der Waals surface area contributed by atoms with E-state index in [1.807, 2.05) is 0 Å². The van der Waals surface area contributed by atoms with Gasteiger partial charge in [0.25, 0.3) is 5.91 Å². The van der Waals surface area contributed by atoms with Crippen molar-refractivity contribution in [2.75, 3.05) is 20.2 Å². The number of amides is 1. The fourth-order valence-electron chi connectivity index (χ4n) is 1.76. The highest BCUT2D eigenvalue weighted by atomic mass is 16.5. The average Bonchev–Trinajstić information content (AvgIpc) is 2.85. The number of likely N-dealkylation sites (N-methyl/N-ethyl adjacent to an activating group) is 1. The number of imidazole rings is 1. The predicted molar refractivity (Wildman–Crippen MR) is 69.7 cm³/mol. The van der Waals surface area contributed by atoms with Crippen molar-refractivity contribution in [1.29, 1.82) is 0 Å². The van der Waals surface area contributed by atoms with Crippen molar-refractivity contribution < 1.29 is 14.3 Å². The van der Waals surface area contributed by atoms with Gasteiger partial charge in [-0.2, -0.15) is 0 Å². The number of hydrogen-bond acceptors (Lipinski definition) is 4. The van der Waals surface area contributed by atoms with Crippen LogP contribution < -0.4 is 0 Å². The van der Waals surface area contributed by atoms with Gasteiger partial charge >= 0.3 is 5.97 Å². The van der Waals surface area contributed by atoms with Crippen molar-refractivity contribution in [3.8, 4) is 0 Å². The van der Waals surface area contributed by atoms with Crippen molar-refractivity contribution >= 4 is 22.9 Å². The van der Waals surface area contributed by atoms with Gasteiger partial charge in [-0.15, -0.1) is 0 Å². The van der Waals surface area contributed by atoms with E-state index in [9.17, 15) is 9.59 Å².